The lowest BCUT2D eigenvalue weighted by Crippen LogP contribution is -2.29. The molecule has 0 bridgehead atoms. The third-order valence-electron chi connectivity index (χ3n) is 3.61. The van der Waals surface area contributed by atoms with E-state index < -0.39 is 0 Å². The van der Waals surface area contributed by atoms with Crippen LogP contribution in [-0.2, 0) is 0 Å². The van der Waals surface area contributed by atoms with Crippen LogP contribution in [0, 0.1) is 5.92 Å². The summed E-state index contributed by atoms with van der Waals surface area (Å²) in [6.45, 7) is 2.63. The molecule has 2 rings (SSSR count). The van der Waals surface area contributed by atoms with E-state index in [4.69, 9.17) is 5.73 Å². The molecule has 1 aromatic rings. The van der Waals surface area contributed by atoms with E-state index in [1.165, 1.54) is 19.3 Å². The zero-order valence-corrected chi connectivity index (χ0v) is 10.6. The summed E-state index contributed by atoms with van der Waals surface area (Å²) in [5.41, 5.74) is 8.18. The first-order chi connectivity index (χ1) is 8.08. The van der Waals surface area contributed by atoms with Gasteiger partial charge in [0.25, 0.3) is 0 Å². The molecule has 0 aliphatic heterocycles. The van der Waals surface area contributed by atoms with E-state index in [1.807, 2.05) is 18.2 Å². The number of hydrogen-bond acceptors (Lipinski definition) is 3. The fourth-order valence-corrected chi connectivity index (χ4v) is 2.28. The molecule has 0 radical (unpaired) electrons. The summed E-state index contributed by atoms with van der Waals surface area (Å²) in [6.07, 6.45) is 4.04. The molecule has 0 atom stereocenters. The molecular formula is C14H20N2O. The van der Waals surface area contributed by atoms with Crippen LogP contribution in [0.2, 0.25) is 0 Å². The van der Waals surface area contributed by atoms with Crippen LogP contribution in [0.4, 0.5) is 11.4 Å². The fourth-order valence-electron chi connectivity index (χ4n) is 2.28. The third kappa shape index (κ3) is 2.60. The molecule has 3 nitrogen and oxygen atoms in total. The van der Waals surface area contributed by atoms with E-state index in [1.54, 1.807) is 6.92 Å². The largest absolute Gasteiger partial charge is 0.398 e. The minimum Gasteiger partial charge on any atom is -0.398 e. The maximum atomic E-state index is 11.3. The molecule has 0 unspecified atom stereocenters. The van der Waals surface area contributed by atoms with Crippen molar-refractivity contribution in [3.05, 3.63) is 23.8 Å². The molecule has 1 saturated carbocycles. The second kappa shape index (κ2) is 4.78. The summed E-state index contributed by atoms with van der Waals surface area (Å²) in [6, 6.07) is 5.70. The van der Waals surface area contributed by atoms with E-state index in [9.17, 15) is 4.79 Å². The lowest BCUT2D eigenvalue weighted by atomic mass is 9.85. The summed E-state index contributed by atoms with van der Waals surface area (Å²) < 4.78 is 0. The van der Waals surface area contributed by atoms with Crippen LogP contribution in [0.5, 0.6) is 0 Å². The molecule has 17 heavy (non-hydrogen) atoms. The number of ketones is 1. The summed E-state index contributed by atoms with van der Waals surface area (Å²) >= 11 is 0. The van der Waals surface area contributed by atoms with Crippen LogP contribution >= 0.6 is 0 Å². The SMILES string of the molecule is CC(=O)c1ccc(N(C)CC2CCC2)cc1N. The highest BCUT2D eigenvalue weighted by Gasteiger charge is 2.19. The summed E-state index contributed by atoms with van der Waals surface area (Å²) in [5, 5.41) is 0. The predicted molar refractivity (Wildman–Crippen MR) is 71.5 cm³/mol. The lowest BCUT2D eigenvalue weighted by Gasteiger charge is -2.31. The van der Waals surface area contributed by atoms with Gasteiger partial charge in [-0.15, -0.1) is 0 Å². The average molecular weight is 232 g/mol. The Balaban J connectivity index is 2.10. The van der Waals surface area contributed by atoms with E-state index >= 15 is 0 Å². The monoisotopic (exact) mass is 232 g/mol. The van der Waals surface area contributed by atoms with Gasteiger partial charge in [0.15, 0.2) is 5.78 Å². The highest BCUT2D eigenvalue weighted by atomic mass is 16.1. The van der Waals surface area contributed by atoms with Crippen molar-refractivity contribution >= 4 is 17.2 Å². The molecule has 1 fully saturated rings. The van der Waals surface area contributed by atoms with Gasteiger partial charge in [-0.25, -0.2) is 0 Å². The average Bonchev–Trinajstić information content (AvgIpc) is 2.22. The van der Waals surface area contributed by atoms with Crippen molar-refractivity contribution in [2.45, 2.75) is 26.2 Å². The Bertz CT molecular complexity index is 424. The van der Waals surface area contributed by atoms with Crippen molar-refractivity contribution in [3.8, 4) is 0 Å². The molecule has 0 saturated heterocycles. The first-order valence-electron chi connectivity index (χ1n) is 6.19. The first kappa shape index (κ1) is 12.0. The quantitative estimate of drug-likeness (QED) is 0.641. The standard InChI is InChI=1S/C14H20N2O/c1-10(17)13-7-6-12(8-14(13)15)16(2)9-11-4-3-5-11/h6-8,11H,3-5,9,15H2,1-2H3. The van der Waals surface area contributed by atoms with Gasteiger partial charge < -0.3 is 10.6 Å². The molecule has 3 heteroatoms. The lowest BCUT2D eigenvalue weighted by molar-refractivity contribution is 0.101. The number of nitrogens with zero attached hydrogens (tertiary/aromatic N) is 1. The van der Waals surface area contributed by atoms with Gasteiger partial charge in [-0.2, -0.15) is 0 Å². The predicted octanol–water partition coefficient (Wildman–Crippen LogP) is 2.71. The topological polar surface area (TPSA) is 46.3 Å². The van der Waals surface area contributed by atoms with E-state index in [0.29, 0.717) is 11.3 Å². The van der Waals surface area contributed by atoms with Crippen molar-refractivity contribution in [2.24, 2.45) is 5.92 Å². The second-order valence-corrected chi connectivity index (χ2v) is 5.01. The zero-order valence-electron chi connectivity index (χ0n) is 10.6. The minimum absolute atomic E-state index is 0.0238. The first-order valence-corrected chi connectivity index (χ1v) is 6.19. The Labute approximate surface area is 103 Å². The Morgan fingerprint density at radius 1 is 1.47 bits per heavy atom. The number of Topliss-reactive ketones (excluding diaryl/α,β-unsaturated/α-hetero) is 1. The van der Waals surface area contributed by atoms with Gasteiger partial charge in [0.2, 0.25) is 0 Å². The normalized spacial score (nSPS) is 15.4. The second-order valence-electron chi connectivity index (χ2n) is 5.01. The van der Waals surface area contributed by atoms with Crippen LogP contribution in [0.25, 0.3) is 0 Å². The smallest absolute Gasteiger partial charge is 0.161 e. The number of rotatable bonds is 4. The van der Waals surface area contributed by atoms with E-state index in [-0.39, 0.29) is 5.78 Å². The molecule has 1 aliphatic carbocycles. The minimum atomic E-state index is 0.0238. The van der Waals surface area contributed by atoms with Crippen molar-refractivity contribution in [1.29, 1.82) is 0 Å². The number of carbonyl (C=O) groups excluding carboxylic acids is 1. The molecule has 0 spiro atoms. The number of anilines is 2. The number of carbonyl (C=O) groups is 1. The van der Waals surface area contributed by atoms with Crippen LogP contribution in [0.1, 0.15) is 36.5 Å². The van der Waals surface area contributed by atoms with Gasteiger partial charge in [-0.1, -0.05) is 6.42 Å². The Hall–Kier alpha value is -1.51. The summed E-state index contributed by atoms with van der Waals surface area (Å²) in [7, 11) is 2.08. The van der Waals surface area contributed by atoms with Crippen molar-refractivity contribution in [3.63, 3.8) is 0 Å². The maximum absolute atomic E-state index is 11.3. The molecule has 92 valence electrons. The van der Waals surface area contributed by atoms with E-state index in [2.05, 4.69) is 11.9 Å². The Morgan fingerprint density at radius 2 is 2.18 bits per heavy atom. The molecule has 1 aromatic carbocycles. The van der Waals surface area contributed by atoms with Gasteiger partial charge in [0, 0.05) is 30.5 Å². The van der Waals surface area contributed by atoms with Crippen LogP contribution in [0.3, 0.4) is 0 Å². The zero-order chi connectivity index (χ0) is 12.4. The number of nitrogen functional groups attached to an aromatic ring is 1. The van der Waals surface area contributed by atoms with Crippen molar-refractivity contribution in [2.75, 3.05) is 24.2 Å². The number of hydrogen-bond donors (Lipinski definition) is 1. The van der Waals surface area contributed by atoms with Gasteiger partial charge in [0.05, 0.1) is 0 Å². The Kier molecular flexibility index (Phi) is 3.36. The van der Waals surface area contributed by atoms with Crippen molar-refractivity contribution in [1.82, 2.24) is 0 Å². The van der Waals surface area contributed by atoms with Crippen LogP contribution in [0.15, 0.2) is 18.2 Å². The third-order valence-corrected chi connectivity index (χ3v) is 3.61. The number of benzene rings is 1. The molecular weight excluding hydrogens is 212 g/mol. The van der Waals surface area contributed by atoms with Crippen LogP contribution in [-0.4, -0.2) is 19.4 Å². The molecule has 1 aliphatic rings. The van der Waals surface area contributed by atoms with Crippen LogP contribution < -0.4 is 10.6 Å². The van der Waals surface area contributed by atoms with Gasteiger partial charge in [-0.05, 0) is 43.9 Å². The maximum Gasteiger partial charge on any atom is 0.161 e. The molecule has 2 N–H and O–H groups in total. The van der Waals surface area contributed by atoms with E-state index in [0.717, 1.165) is 18.2 Å². The van der Waals surface area contributed by atoms with Gasteiger partial charge >= 0.3 is 0 Å². The Morgan fingerprint density at radius 3 is 2.65 bits per heavy atom. The summed E-state index contributed by atoms with van der Waals surface area (Å²) in [5.74, 6) is 0.851. The molecule has 0 heterocycles. The highest BCUT2D eigenvalue weighted by Crippen LogP contribution is 2.29. The molecule has 0 aromatic heterocycles. The van der Waals surface area contributed by atoms with Crippen molar-refractivity contribution < 1.29 is 4.79 Å². The van der Waals surface area contributed by atoms with Gasteiger partial charge in [-0.3, -0.25) is 4.79 Å². The summed E-state index contributed by atoms with van der Waals surface area (Å²) in [4.78, 5) is 13.5. The number of nitrogens with two attached hydrogens (primary N) is 1. The van der Waals surface area contributed by atoms with Gasteiger partial charge in [0.1, 0.15) is 0 Å². The fraction of sp³-hybridized carbons (Fsp3) is 0.500. The highest BCUT2D eigenvalue weighted by molar-refractivity contribution is 5.99. The molecule has 0 amide bonds.